The largest absolute Gasteiger partial charge is 0.355 e. The van der Waals surface area contributed by atoms with Crippen molar-refractivity contribution in [1.82, 2.24) is 10.3 Å². The Morgan fingerprint density at radius 1 is 1.42 bits per heavy atom. The van der Waals surface area contributed by atoms with Crippen molar-refractivity contribution in [2.24, 2.45) is 0 Å². The van der Waals surface area contributed by atoms with E-state index in [0.717, 1.165) is 35.6 Å². The average Bonchev–Trinajstić information content (AvgIpc) is 2.82. The van der Waals surface area contributed by atoms with Gasteiger partial charge in [-0.1, -0.05) is 13.0 Å². The fraction of sp³-hybridized carbons (Fsp3) is 0.357. The van der Waals surface area contributed by atoms with E-state index < -0.39 is 0 Å². The van der Waals surface area contributed by atoms with E-state index >= 15 is 0 Å². The number of thiophene rings is 1. The molecule has 2 heterocycles. The molecule has 0 atom stereocenters. The number of aromatic nitrogens is 1. The van der Waals surface area contributed by atoms with Gasteiger partial charge in [-0.3, -0.25) is 0 Å². The minimum atomic E-state index is 0.822. The summed E-state index contributed by atoms with van der Waals surface area (Å²) in [4.78, 5) is 8.17. The van der Waals surface area contributed by atoms with E-state index in [9.17, 15) is 0 Å². The Morgan fingerprint density at radius 3 is 2.95 bits per heavy atom. The van der Waals surface area contributed by atoms with Gasteiger partial charge in [0.25, 0.3) is 0 Å². The van der Waals surface area contributed by atoms with Crippen molar-refractivity contribution < 1.29 is 0 Å². The lowest BCUT2D eigenvalue weighted by atomic mass is 10.3. The van der Waals surface area contributed by atoms with E-state index in [0.29, 0.717) is 0 Å². The van der Waals surface area contributed by atoms with Crippen molar-refractivity contribution in [2.45, 2.75) is 20.0 Å². The summed E-state index contributed by atoms with van der Waals surface area (Å²) in [5, 5.41) is 5.41. The van der Waals surface area contributed by atoms with Crippen molar-refractivity contribution in [2.75, 3.05) is 18.5 Å². The van der Waals surface area contributed by atoms with E-state index in [1.165, 1.54) is 4.88 Å². The Hall–Kier alpha value is -0.910. The van der Waals surface area contributed by atoms with Gasteiger partial charge in [-0.15, -0.1) is 11.3 Å². The zero-order valence-corrected chi connectivity index (χ0v) is 13.6. The Bertz CT molecular complexity index is 527. The number of pyridine rings is 1. The highest BCUT2D eigenvalue weighted by Gasteiger charge is 2.06. The van der Waals surface area contributed by atoms with E-state index in [1.807, 2.05) is 0 Å². The molecule has 19 heavy (non-hydrogen) atoms. The van der Waals surface area contributed by atoms with Crippen LogP contribution in [0, 0.1) is 0 Å². The second kappa shape index (κ2) is 7.03. The number of hydrogen-bond donors (Lipinski definition) is 1. The van der Waals surface area contributed by atoms with Crippen LogP contribution in [-0.4, -0.2) is 18.6 Å². The predicted octanol–water partition coefficient (Wildman–Crippen LogP) is 3.65. The molecule has 0 aliphatic heterocycles. The fourth-order valence-corrected chi connectivity index (χ4v) is 3.29. The summed E-state index contributed by atoms with van der Waals surface area (Å²) in [5.74, 6) is 1.01. The molecule has 1 N–H and O–H groups in total. The van der Waals surface area contributed by atoms with Gasteiger partial charge < -0.3 is 10.2 Å². The first-order valence-electron chi connectivity index (χ1n) is 6.29. The summed E-state index contributed by atoms with van der Waals surface area (Å²) >= 11 is 5.25. The molecule has 0 aliphatic rings. The van der Waals surface area contributed by atoms with E-state index in [1.54, 1.807) is 11.3 Å². The molecule has 0 amide bonds. The highest BCUT2D eigenvalue weighted by atomic mass is 79.9. The van der Waals surface area contributed by atoms with Crippen LogP contribution in [0.1, 0.15) is 17.5 Å². The Labute approximate surface area is 126 Å². The van der Waals surface area contributed by atoms with Crippen LogP contribution in [0.25, 0.3) is 0 Å². The second-order valence-corrected chi connectivity index (χ2v) is 6.27. The van der Waals surface area contributed by atoms with Gasteiger partial charge in [-0.25, -0.2) is 4.98 Å². The molecule has 0 saturated carbocycles. The summed E-state index contributed by atoms with van der Waals surface area (Å²) in [5.41, 5.74) is 1.08. The topological polar surface area (TPSA) is 28.2 Å². The normalized spacial score (nSPS) is 10.7. The van der Waals surface area contributed by atoms with Gasteiger partial charge in [0.15, 0.2) is 0 Å². The molecule has 0 unspecified atom stereocenters. The number of halogens is 1. The molecule has 0 spiro atoms. The number of hydrogen-bond acceptors (Lipinski definition) is 4. The lowest BCUT2D eigenvalue weighted by molar-refractivity contribution is 0.708. The lowest BCUT2D eigenvalue weighted by Gasteiger charge is -2.18. The Kier molecular flexibility index (Phi) is 5.36. The molecule has 0 aromatic carbocycles. The van der Waals surface area contributed by atoms with E-state index in [2.05, 4.69) is 74.7 Å². The highest BCUT2D eigenvalue weighted by Crippen LogP contribution is 2.22. The fourth-order valence-electron chi connectivity index (χ4n) is 1.78. The average molecular weight is 340 g/mol. The smallest absolute Gasteiger partial charge is 0.128 e. The molecule has 0 bridgehead atoms. The third-order valence-corrected chi connectivity index (χ3v) is 4.44. The third kappa shape index (κ3) is 4.30. The van der Waals surface area contributed by atoms with Crippen molar-refractivity contribution in [3.63, 3.8) is 0 Å². The van der Waals surface area contributed by atoms with Gasteiger partial charge in [0.05, 0.1) is 12.2 Å². The SMILES string of the molecule is CCNCc1cccc(N(C)Cc2cc(Br)cs2)n1. The van der Waals surface area contributed by atoms with Gasteiger partial charge in [0, 0.05) is 28.3 Å². The maximum absolute atomic E-state index is 4.67. The molecule has 2 aromatic heterocycles. The summed E-state index contributed by atoms with van der Waals surface area (Å²) in [6.45, 7) is 4.77. The zero-order valence-electron chi connectivity index (χ0n) is 11.2. The maximum atomic E-state index is 4.67. The molecule has 0 radical (unpaired) electrons. The van der Waals surface area contributed by atoms with E-state index in [4.69, 9.17) is 0 Å². The van der Waals surface area contributed by atoms with Crippen LogP contribution in [-0.2, 0) is 13.1 Å². The molecular formula is C14H18BrN3S. The predicted molar refractivity (Wildman–Crippen MR) is 85.7 cm³/mol. The van der Waals surface area contributed by atoms with Crippen LogP contribution in [0.3, 0.4) is 0 Å². The molecular weight excluding hydrogens is 322 g/mol. The molecule has 2 rings (SSSR count). The molecule has 3 nitrogen and oxygen atoms in total. The van der Waals surface area contributed by atoms with Crippen LogP contribution in [0.15, 0.2) is 34.1 Å². The third-order valence-electron chi connectivity index (χ3n) is 2.75. The summed E-state index contributed by atoms with van der Waals surface area (Å²) in [7, 11) is 2.08. The second-order valence-electron chi connectivity index (χ2n) is 4.35. The standard InChI is InChI=1S/C14H18BrN3S/c1-3-16-8-12-5-4-6-14(17-12)18(2)9-13-7-11(15)10-19-13/h4-7,10,16H,3,8-9H2,1-2H3. The van der Waals surface area contributed by atoms with Crippen LogP contribution in [0.2, 0.25) is 0 Å². The monoisotopic (exact) mass is 339 g/mol. The number of nitrogens with zero attached hydrogens (tertiary/aromatic N) is 2. The summed E-state index contributed by atoms with van der Waals surface area (Å²) in [6.07, 6.45) is 0. The van der Waals surface area contributed by atoms with Crippen molar-refractivity contribution >= 4 is 33.1 Å². The van der Waals surface area contributed by atoms with Crippen LogP contribution >= 0.6 is 27.3 Å². The Balaban J connectivity index is 2.03. The Morgan fingerprint density at radius 2 is 2.26 bits per heavy atom. The molecule has 0 fully saturated rings. The number of anilines is 1. The summed E-state index contributed by atoms with van der Waals surface area (Å²) in [6, 6.07) is 8.33. The van der Waals surface area contributed by atoms with Crippen molar-refractivity contribution in [3.05, 3.63) is 44.7 Å². The van der Waals surface area contributed by atoms with Gasteiger partial charge in [-0.2, -0.15) is 0 Å². The van der Waals surface area contributed by atoms with Gasteiger partial charge in [0.2, 0.25) is 0 Å². The van der Waals surface area contributed by atoms with E-state index in [-0.39, 0.29) is 0 Å². The van der Waals surface area contributed by atoms with Crippen LogP contribution in [0.5, 0.6) is 0 Å². The van der Waals surface area contributed by atoms with Gasteiger partial charge in [0.1, 0.15) is 5.82 Å². The minimum absolute atomic E-state index is 0.822. The first kappa shape index (κ1) is 14.5. The highest BCUT2D eigenvalue weighted by molar-refractivity contribution is 9.10. The molecule has 0 aliphatic carbocycles. The molecule has 0 saturated heterocycles. The molecule has 102 valence electrons. The number of nitrogens with one attached hydrogen (secondary N) is 1. The quantitative estimate of drug-likeness (QED) is 0.870. The van der Waals surface area contributed by atoms with Gasteiger partial charge in [-0.05, 0) is 40.7 Å². The van der Waals surface area contributed by atoms with Crippen LogP contribution < -0.4 is 10.2 Å². The zero-order chi connectivity index (χ0) is 13.7. The van der Waals surface area contributed by atoms with Gasteiger partial charge >= 0.3 is 0 Å². The minimum Gasteiger partial charge on any atom is -0.355 e. The lowest BCUT2D eigenvalue weighted by Crippen LogP contribution is -2.19. The number of rotatable bonds is 6. The summed E-state index contributed by atoms with van der Waals surface area (Å²) < 4.78 is 1.15. The molecule has 2 aromatic rings. The van der Waals surface area contributed by atoms with Crippen LogP contribution in [0.4, 0.5) is 5.82 Å². The molecule has 5 heteroatoms. The van der Waals surface area contributed by atoms with Crippen molar-refractivity contribution in [1.29, 1.82) is 0 Å². The van der Waals surface area contributed by atoms with Crippen molar-refractivity contribution in [3.8, 4) is 0 Å². The first-order valence-corrected chi connectivity index (χ1v) is 7.97. The maximum Gasteiger partial charge on any atom is 0.128 e. The first-order chi connectivity index (χ1) is 9.19.